The fourth-order valence-corrected chi connectivity index (χ4v) is 0.848. The molecule has 0 saturated carbocycles. The minimum Gasteiger partial charge on any atom is -0.385 e. The van der Waals surface area contributed by atoms with E-state index in [9.17, 15) is 18.4 Å². The zero-order valence-electron chi connectivity index (χ0n) is 7.98. The van der Waals surface area contributed by atoms with E-state index < -0.39 is 30.5 Å². The maximum Gasteiger partial charge on any atom is 0.271 e. The highest BCUT2D eigenvalue weighted by Crippen LogP contribution is 1.99. The Morgan fingerprint density at radius 3 is 2.75 bits per heavy atom. The first-order chi connectivity index (χ1) is 7.50. The van der Waals surface area contributed by atoms with Gasteiger partial charge >= 0.3 is 0 Å². The molecule has 0 saturated heterocycles. The predicted molar refractivity (Wildman–Crippen MR) is 49.2 cm³/mol. The third-order valence-corrected chi connectivity index (χ3v) is 1.67. The zero-order valence-corrected chi connectivity index (χ0v) is 7.98. The first kappa shape index (κ1) is 12.2. The molecule has 0 aliphatic rings. The Labute approximate surface area is 88.3 Å². The summed E-state index contributed by atoms with van der Waals surface area (Å²) in [5.74, 6) is -0.754. The highest BCUT2D eigenvalue weighted by Gasteiger charge is 2.18. The third kappa shape index (κ3) is 3.39. The van der Waals surface area contributed by atoms with Gasteiger partial charge in [-0.3, -0.25) is 9.59 Å². The van der Waals surface area contributed by atoms with Crippen LogP contribution < -0.4 is 10.9 Å². The third-order valence-electron chi connectivity index (χ3n) is 1.67. The molecule has 1 unspecified atom stereocenters. The van der Waals surface area contributed by atoms with Crippen molar-refractivity contribution in [2.75, 3.05) is 6.54 Å². The molecule has 3 N–H and O–H groups in total. The van der Waals surface area contributed by atoms with Gasteiger partial charge in [0.2, 0.25) is 0 Å². The molecule has 1 heterocycles. The Hall–Kier alpha value is -1.83. The summed E-state index contributed by atoms with van der Waals surface area (Å²) in [6, 6.07) is 2.22. The molecule has 1 aromatic heterocycles. The fraction of sp³-hybridized carbons (Fsp3) is 0.375. The number of nitrogens with zero attached hydrogens (tertiary/aromatic N) is 1. The second-order valence-corrected chi connectivity index (χ2v) is 2.92. The number of halogens is 2. The van der Waals surface area contributed by atoms with Crippen LogP contribution in [0.2, 0.25) is 0 Å². The van der Waals surface area contributed by atoms with E-state index in [0.717, 1.165) is 12.1 Å². The van der Waals surface area contributed by atoms with Gasteiger partial charge in [0.15, 0.2) is 0 Å². The first-order valence-corrected chi connectivity index (χ1v) is 4.31. The van der Waals surface area contributed by atoms with Gasteiger partial charge in [0.25, 0.3) is 17.9 Å². The topological polar surface area (TPSA) is 95.1 Å². The molecule has 0 bridgehead atoms. The highest BCUT2D eigenvalue weighted by molar-refractivity contribution is 5.91. The molecule has 0 aliphatic heterocycles. The maximum absolute atomic E-state index is 11.9. The lowest BCUT2D eigenvalue weighted by Gasteiger charge is -2.09. The van der Waals surface area contributed by atoms with Crippen molar-refractivity contribution in [3.05, 3.63) is 28.2 Å². The largest absolute Gasteiger partial charge is 0.385 e. The van der Waals surface area contributed by atoms with Crippen LogP contribution in [-0.4, -0.2) is 40.3 Å². The summed E-state index contributed by atoms with van der Waals surface area (Å²) in [6.45, 7) is -0.586. The number of H-pyrrole nitrogens is 1. The van der Waals surface area contributed by atoms with Crippen molar-refractivity contribution in [2.45, 2.75) is 12.5 Å². The number of aromatic nitrogens is 2. The van der Waals surface area contributed by atoms with Crippen molar-refractivity contribution >= 4 is 5.91 Å². The Balaban J connectivity index is 2.53. The number of aliphatic hydroxyl groups is 1. The van der Waals surface area contributed by atoms with Crippen molar-refractivity contribution in [1.29, 1.82) is 0 Å². The van der Waals surface area contributed by atoms with Gasteiger partial charge < -0.3 is 10.4 Å². The monoisotopic (exact) mass is 233 g/mol. The van der Waals surface area contributed by atoms with Gasteiger partial charge in [0, 0.05) is 12.6 Å². The quantitative estimate of drug-likeness (QED) is 0.629. The van der Waals surface area contributed by atoms with Crippen LogP contribution in [-0.2, 0) is 0 Å². The summed E-state index contributed by atoms with van der Waals surface area (Å²) in [5, 5.41) is 16.2. The molecule has 6 nitrogen and oxygen atoms in total. The average Bonchev–Trinajstić information content (AvgIpc) is 2.26. The lowest BCUT2D eigenvalue weighted by Crippen LogP contribution is -2.36. The van der Waals surface area contributed by atoms with Crippen LogP contribution in [0.25, 0.3) is 0 Å². The van der Waals surface area contributed by atoms with E-state index >= 15 is 0 Å². The van der Waals surface area contributed by atoms with Gasteiger partial charge in [-0.2, -0.15) is 5.10 Å². The van der Waals surface area contributed by atoms with Crippen molar-refractivity contribution in [2.24, 2.45) is 0 Å². The normalized spacial score (nSPS) is 12.5. The van der Waals surface area contributed by atoms with E-state index in [0.29, 0.717) is 0 Å². The number of hydrogen-bond acceptors (Lipinski definition) is 4. The number of aromatic amines is 1. The molecule has 0 aliphatic carbocycles. The van der Waals surface area contributed by atoms with E-state index in [1.165, 1.54) is 0 Å². The van der Waals surface area contributed by atoms with Gasteiger partial charge in [-0.15, -0.1) is 0 Å². The molecule has 0 spiro atoms. The summed E-state index contributed by atoms with van der Waals surface area (Å²) in [6.07, 6.45) is -4.85. The van der Waals surface area contributed by atoms with E-state index in [1.807, 2.05) is 10.4 Å². The number of hydrogen-bond donors (Lipinski definition) is 3. The van der Waals surface area contributed by atoms with Gasteiger partial charge in [-0.25, -0.2) is 13.9 Å². The van der Waals surface area contributed by atoms with Crippen LogP contribution in [0.3, 0.4) is 0 Å². The summed E-state index contributed by atoms with van der Waals surface area (Å²) < 4.78 is 23.7. The predicted octanol–water partition coefficient (Wildman–Crippen LogP) is -0.874. The van der Waals surface area contributed by atoms with E-state index in [4.69, 9.17) is 5.11 Å². The summed E-state index contributed by atoms with van der Waals surface area (Å²) in [7, 11) is 0. The smallest absolute Gasteiger partial charge is 0.271 e. The van der Waals surface area contributed by atoms with Crippen molar-refractivity contribution in [1.82, 2.24) is 15.5 Å². The molecule has 88 valence electrons. The second kappa shape index (κ2) is 5.31. The lowest BCUT2D eigenvalue weighted by atomic mass is 10.3. The highest BCUT2D eigenvalue weighted by atomic mass is 19.3. The Kier molecular flexibility index (Phi) is 4.06. The molecule has 1 aromatic rings. The Bertz CT molecular complexity index is 401. The molecule has 1 atom stereocenters. The standard InChI is InChI=1S/C8H9F2N3O3/c9-7(10)5(14)3-11-8(16)4-1-2-6(15)13-12-4/h1-2,5,7,14H,3H2,(H,11,16)(H,13,15). The van der Waals surface area contributed by atoms with Gasteiger partial charge in [-0.1, -0.05) is 0 Å². The van der Waals surface area contributed by atoms with Crippen LogP contribution in [0.4, 0.5) is 8.78 Å². The lowest BCUT2D eigenvalue weighted by molar-refractivity contribution is -0.00273. The Morgan fingerprint density at radius 2 is 2.25 bits per heavy atom. The fourth-order valence-electron chi connectivity index (χ4n) is 0.848. The van der Waals surface area contributed by atoms with Crippen LogP contribution in [0.5, 0.6) is 0 Å². The number of carbonyl (C=O) groups excluding carboxylic acids is 1. The summed E-state index contributed by atoms with van der Waals surface area (Å²) >= 11 is 0. The molecule has 8 heteroatoms. The first-order valence-electron chi connectivity index (χ1n) is 4.31. The number of alkyl halides is 2. The summed E-state index contributed by atoms with van der Waals surface area (Å²) in [4.78, 5) is 21.8. The van der Waals surface area contributed by atoms with Crippen molar-refractivity contribution in [3.63, 3.8) is 0 Å². The molecule has 0 fully saturated rings. The van der Waals surface area contributed by atoms with Gasteiger partial charge in [0.05, 0.1) is 0 Å². The number of carbonyl (C=O) groups is 1. The number of nitrogens with one attached hydrogen (secondary N) is 2. The Morgan fingerprint density at radius 1 is 1.56 bits per heavy atom. The SMILES string of the molecule is O=C(NCC(O)C(F)F)c1ccc(=O)[nH]n1. The molecule has 0 aromatic carbocycles. The van der Waals surface area contributed by atoms with Crippen LogP contribution >= 0.6 is 0 Å². The van der Waals surface area contributed by atoms with Crippen molar-refractivity contribution < 1.29 is 18.7 Å². The molecular weight excluding hydrogens is 224 g/mol. The zero-order chi connectivity index (χ0) is 12.1. The van der Waals surface area contributed by atoms with Gasteiger partial charge in [0.1, 0.15) is 11.8 Å². The van der Waals surface area contributed by atoms with Crippen LogP contribution in [0, 0.1) is 0 Å². The molecule has 16 heavy (non-hydrogen) atoms. The van der Waals surface area contributed by atoms with Crippen molar-refractivity contribution in [3.8, 4) is 0 Å². The molecule has 1 rings (SSSR count). The minimum absolute atomic E-state index is 0.124. The van der Waals surface area contributed by atoms with Crippen LogP contribution in [0.1, 0.15) is 10.5 Å². The molecular formula is C8H9F2N3O3. The average molecular weight is 233 g/mol. The van der Waals surface area contributed by atoms with E-state index in [-0.39, 0.29) is 5.69 Å². The van der Waals surface area contributed by atoms with Crippen LogP contribution in [0.15, 0.2) is 16.9 Å². The number of amides is 1. The minimum atomic E-state index is -2.93. The maximum atomic E-state index is 11.9. The number of rotatable bonds is 4. The van der Waals surface area contributed by atoms with E-state index in [2.05, 4.69) is 5.10 Å². The van der Waals surface area contributed by atoms with E-state index in [1.54, 1.807) is 0 Å². The number of aliphatic hydroxyl groups excluding tert-OH is 1. The molecule has 1 amide bonds. The second-order valence-electron chi connectivity index (χ2n) is 2.92. The van der Waals surface area contributed by atoms with Gasteiger partial charge in [-0.05, 0) is 6.07 Å². The summed E-state index contributed by atoms with van der Waals surface area (Å²) in [5.41, 5.74) is -0.606. The molecule has 0 radical (unpaired) electrons.